The van der Waals surface area contributed by atoms with Crippen molar-refractivity contribution in [1.29, 1.82) is 0 Å². The quantitative estimate of drug-likeness (QED) is 0.782. The summed E-state index contributed by atoms with van der Waals surface area (Å²) in [5, 5.41) is 0.764. The minimum absolute atomic E-state index is 0.202. The van der Waals surface area contributed by atoms with Gasteiger partial charge in [0.25, 0.3) is 0 Å². The summed E-state index contributed by atoms with van der Waals surface area (Å²) in [5.74, 6) is 0.540. The lowest BCUT2D eigenvalue weighted by Crippen LogP contribution is -2.50. The Morgan fingerprint density at radius 3 is 2.62 bits per heavy atom. The summed E-state index contributed by atoms with van der Waals surface area (Å²) < 4.78 is 0. The lowest BCUT2D eigenvalue weighted by Gasteiger charge is -2.37. The summed E-state index contributed by atoms with van der Waals surface area (Å²) in [6, 6.07) is 7.94. The third-order valence-electron chi connectivity index (χ3n) is 4.38. The Kier molecular flexibility index (Phi) is 4.49. The maximum Gasteiger partial charge on any atom is 0.226 e. The van der Waals surface area contributed by atoms with Crippen molar-refractivity contribution in [2.75, 3.05) is 31.1 Å². The van der Waals surface area contributed by atoms with Crippen molar-refractivity contribution in [3.8, 4) is 0 Å². The molecular weight excluding hydrogens is 284 g/mol. The molecule has 1 aliphatic heterocycles. The molecule has 112 valence electrons. The second-order valence-electron chi connectivity index (χ2n) is 5.77. The van der Waals surface area contributed by atoms with Gasteiger partial charge in [0.2, 0.25) is 5.91 Å². The van der Waals surface area contributed by atoms with Gasteiger partial charge in [0.1, 0.15) is 0 Å². The van der Waals surface area contributed by atoms with Crippen LogP contribution in [0.5, 0.6) is 0 Å². The molecule has 1 aromatic carbocycles. The molecule has 1 aliphatic carbocycles. The Morgan fingerprint density at radius 1 is 1.14 bits per heavy atom. The highest BCUT2D eigenvalue weighted by Gasteiger charge is 2.27. The number of carbonyl (C=O) groups is 1. The monoisotopic (exact) mass is 304 g/mol. The van der Waals surface area contributed by atoms with Crippen LogP contribution in [0.25, 0.3) is 0 Å². The highest BCUT2D eigenvalue weighted by atomic mass is 35.5. The third-order valence-corrected chi connectivity index (χ3v) is 4.62. The van der Waals surface area contributed by atoms with Crippen LogP contribution in [0.3, 0.4) is 0 Å². The Morgan fingerprint density at radius 2 is 1.95 bits per heavy atom. The average Bonchev–Trinajstić information content (AvgIpc) is 2.55. The average molecular weight is 305 g/mol. The second-order valence-corrected chi connectivity index (χ2v) is 6.21. The number of hydrogen-bond donors (Lipinski definition) is 0. The van der Waals surface area contributed by atoms with Gasteiger partial charge in [-0.15, -0.1) is 0 Å². The molecule has 0 aromatic heterocycles. The van der Waals surface area contributed by atoms with Gasteiger partial charge in [-0.05, 0) is 37.5 Å². The highest BCUT2D eigenvalue weighted by molar-refractivity contribution is 6.30. The fourth-order valence-corrected chi connectivity index (χ4v) is 3.32. The van der Waals surface area contributed by atoms with Crippen LogP contribution < -0.4 is 4.90 Å². The van der Waals surface area contributed by atoms with E-state index < -0.39 is 0 Å². The maximum atomic E-state index is 12.5. The molecule has 0 saturated carbocycles. The van der Waals surface area contributed by atoms with E-state index in [1.54, 1.807) is 0 Å². The van der Waals surface area contributed by atoms with E-state index in [-0.39, 0.29) is 5.92 Å². The molecule has 1 amide bonds. The Balaban J connectivity index is 1.57. The molecule has 3 rings (SSSR count). The molecule has 1 unspecified atom stereocenters. The standard InChI is InChI=1S/C17H21ClN2O/c18-15-7-4-8-16(13-15)19-9-11-20(12-10-19)17(21)14-5-2-1-3-6-14/h1-2,4,7-8,13-14H,3,5-6,9-12H2. The molecule has 1 heterocycles. The van der Waals surface area contributed by atoms with Crippen LogP contribution in [-0.2, 0) is 4.79 Å². The van der Waals surface area contributed by atoms with Gasteiger partial charge >= 0.3 is 0 Å². The number of benzene rings is 1. The van der Waals surface area contributed by atoms with Crippen LogP contribution >= 0.6 is 11.6 Å². The van der Waals surface area contributed by atoms with Crippen LogP contribution in [0, 0.1) is 5.92 Å². The molecule has 4 heteroatoms. The number of carbonyl (C=O) groups excluding carboxylic acids is 1. The molecule has 0 radical (unpaired) electrons. The van der Waals surface area contributed by atoms with Gasteiger partial charge in [-0.2, -0.15) is 0 Å². The molecule has 1 fully saturated rings. The largest absolute Gasteiger partial charge is 0.368 e. The van der Waals surface area contributed by atoms with E-state index >= 15 is 0 Å². The molecular formula is C17H21ClN2O. The van der Waals surface area contributed by atoms with Crippen molar-refractivity contribution in [2.45, 2.75) is 19.3 Å². The van der Waals surface area contributed by atoms with Crippen molar-refractivity contribution in [3.05, 3.63) is 41.4 Å². The van der Waals surface area contributed by atoms with E-state index in [0.717, 1.165) is 56.2 Å². The van der Waals surface area contributed by atoms with Crippen LogP contribution in [-0.4, -0.2) is 37.0 Å². The van der Waals surface area contributed by atoms with Gasteiger partial charge in [-0.1, -0.05) is 29.8 Å². The molecule has 1 saturated heterocycles. The summed E-state index contributed by atoms with van der Waals surface area (Å²) in [6.45, 7) is 3.39. The predicted octanol–water partition coefficient (Wildman–Crippen LogP) is 3.34. The summed E-state index contributed by atoms with van der Waals surface area (Å²) in [4.78, 5) is 16.8. The number of hydrogen-bond acceptors (Lipinski definition) is 2. The molecule has 3 nitrogen and oxygen atoms in total. The van der Waals surface area contributed by atoms with E-state index in [0.29, 0.717) is 5.91 Å². The number of amides is 1. The Hall–Kier alpha value is -1.48. The molecule has 1 atom stereocenters. The van der Waals surface area contributed by atoms with Crippen LogP contribution in [0.4, 0.5) is 5.69 Å². The summed E-state index contributed by atoms with van der Waals surface area (Å²) >= 11 is 6.05. The molecule has 2 aliphatic rings. The number of anilines is 1. The van der Waals surface area contributed by atoms with Crippen molar-refractivity contribution in [1.82, 2.24) is 4.90 Å². The van der Waals surface area contributed by atoms with E-state index in [9.17, 15) is 4.79 Å². The number of nitrogens with zero attached hydrogens (tertiary/aromatic N) is 2. The van der Waals surface area contributed by atoms with Gasteiger partial charge in [-0.3, -0.25) is 4.79 Å². The second kappa shape index (κ2) is 6.52. The van der Waals surface area contributed by atoms with Crippen LogP contribution in [0.2, 0.25) is 5.02 Å². The smallest absolute Gasteiger partial charge is 0.226 e. The number of allylic oxidation sites excluding steroid dienone is 2. The van der Waals surface area contributed by atoms with E-state index in [1.165, 1.54) is 0 Å². The van der Waals surface area contributed by atoms with Gasteiger partial charge in [-0.25, -0.2) is 0 Å². The van der Waals surface area contributed by atoms with Crippen molar-refractivity contribution >= 4 is 23.2 Å². The first-order valence-electron chi connectivity index (χ1n) is 7.68. The zero-order valence-electron chi connectivity index (χ0n) is 12.2. The van der Waals surface area contributed by atoms with Gasteiger partial charge in [0, 0.05) is 42.8 Å². The third kappa shape index (κ3) is 3.41. The highest BCUT2D eigenvalue weighted by Crippen LogP contribution is 2.24. The van der Waals surface area contributed by atoms with Gasteiger partial charge in [0.05, 0.1) is 0 Å². The van der Waals surface area contributed by atoms with E-state index in [2.05, 4.69) is 23.1 Å². The molecule has 21 heavy (non-hydrogen) atoms. The van der Waals surface area contributed by atoms with Gasteiger partial charge < -0.3 is 9.80 Å². The fraction of sp³-hybridized carbons (Fsp3) is 0.471. The van der Waals surface area contributed by atoms with E-state index in [4.69, 9.17) is 11.6 Å². The van der Waals surface area contributed by atoms with Crippen molar-refractivity contribution in [2.24, 2.45) is 5.92 Å². The first kappa shape index (κ1) is 14.5. The normalized spacial score (nSPS) is 22.4. The zero-order chi connectivity index (χ0) is 14.7. The first-order valence-corrected chi connectivity index (χ1v) is 8.06. The minimum atomic E-state index is 0.202. The van der Waals surface area contributed by atoms with Crippen molar-refractivity contribution in [3.63, 3.8) is 0 Å². The summed E-state index contributed by atoms with van der Waals surface area (Å²) in [5.41, 5.74) is 1.15. The number of halogens is 1. The molecule has 0 N–H and O–H groups in total. The Bertz CT molecular complexity index is 535. The molecule has 0 spiro atoms. The Labute approximate surface area is 131 Å². The topological polar surface area (TPSA) is 23.6 Å². The van der Waals surface area contributed by atoms with Crippen LogP contribution in [0.15, 0.2) is 36.4 Å². The summed E-state index contributed by atoms with van der Waals surface area (Å²) in [7, 11) is 0. The minimum Gasteiger partial charge on any atom is -0.368 e. The lowest BCUT2D eigenvalue weighted by atomic mass is 9.93. The lowest BCUT2D eigenvalue weighted by molar-refractivity contribution is -0.136. The molecule has 0 bridgehead atoms. The van der Waals surface area contributed by atoms with Crippen molar-refractivity contribution < 1.29 is 4.79 Å². The van der Waals surface area contributed by atoms with Gasteiger partial charge in [0.15, 0.2) is 0 Å². The SMILES string of the molecule is O=C(C1CC=CCC1)N1CCN(c2cccc(Cl)c2)CC1. The maximum absolute atomic E-state index is 12.5. The molecule has 1 aromatic rings. The summed E-state index contributed by atoms with van der Waals surface area (Å²) in [6.07, 6.45) is 7.28. The van der Waals surface area contributed by atoms with Crippen LogP contribution in [0.1, 0.15) is 19.3 Å². The first-order chi connectivity index (χ1) is 10.2. The number of piperazine rings is 1. The zero-order valence-corrected chi connectivity index (χ0v) is 12.9. The number of rotatable bonds is 2. The van der Waals surface area contributed by atoms with E-state index in [1.807, 2.05) is 23.1 Å². The predicted molar refractivity (Wildman–Crippen MR) is 86.7 cm³/mol. The fourth-order valence-electron chi connectivity index (χ4n) is 3.13.